The first kappa shape index (κ1) is 21.2. The molecule has 0 fully saturated rings. The monoisotopic (exact) mass is 525 g/mol. The number of unbranched alkanes of at least 4 members (excludes halogenated alkanes) is 1. The number of hydrogen-bond acceptors (Lipinski definition) is 4. The van der Waals surface area contributed by atoms with Crippen LogP contribution in [0, 0.1) is 3.57 Å². The number of nitrogens with zero attached hydrogens (tertiary/aromatic N) is 1. The van der Waals surface area contributed by atoms with Gasteiger partial charge < -0.3 is 0 Å². The molecule has 0 aliphatic rings. The number of alkyl halides is 1. The zero-order valence-corrected chi connectivity index (χ0v) is 19.3. The standard InChI is InChI=1S/C25H22IN2O3/c1-2-3-16-26-18-14-12-17(13-15-18)23(29)27-21-10-6-4-8-19(21)24-28-22-11-7-5-9-20(22)25(30)31-24/h4-15H,2-3,16H2,1H3,(H,27,29)/q-1. The second-order valence-electron chi connectivity index (χ2n) is 7.01. The fourth-order valence-electron chi connectivity index (χ4n) is 3.11. The molecule has 0 spiro atoms. The average molecular weight is 525 g/mol. The van der Waals surface area contributed by atoms with Crippen LogP contribution in [-0.2, 0) is 0 Å². The van der Waals surface area contributed by atoms with Gasteiger partial charge in [-0.2, -0.15) is 0 Å². The van der Waals surface area contributed by atoms with E-state index >= 15 is 0 Å². The Morgan fingerprint density at radius 3 is 2.55 bits per heavy atom. The molecule has 0 unspecified atom stereocenters. The molecule has 0 saturated heterocycles. The first-order valence-electron chi connectivity index (χ1n) is 10.2. The fourth-order valence-corrected chi connectivity index (χ4v) is 5.74. The normalized spacial score (nSPS) is 11.0. The van der Waals surface area contributed by atoms with Gasteiger partial charge in [-0.05, 0) is 6.07 Å². The van der Waals surface area contributed by atoms with Crippen molar-refractivity contribution in [1.29, 1.82) is 0 Å². The summed E-state index contributed by atoms with van der Waals surface area (Å²) < 4.78 is 8.05. The van der Waals surface area contributed by atoms with E-state index in [1.54, 1.807) is 30.3 Å². The van der Waals surface area contributed by atoms with Crippen LogP contribution in [0.2, 0.25) is 0 Å². The van der Waals surface area contributed by atoms with Crippen LogP contribution in [-0.4, -0.2) is 15.3 Å². The van der Waals surface area contributed by atoms with E-state index in [4.69, 9.17) is 4.42 Å². The number of benzene rings is 3. The van der Waals surface area contributed by atoms with Gasteiger partial charge in [0.25, 0.3) is 0 Å². The third-order valence-electron chi connectivity index (χ3n) is 4.78. The molecule has 0 bridgehead atoms. The van der Waals surface area contributed by atoms with E-state index in [1.165, 1.54) is 20.8 Å². The van der Waals surface area contributed by atoms with E-state index in [-0.39, 0.29) is 33.0 Å². The summed E-state index contributed by atoms with van der Waals surface area (Å²) in [5.41, 5.74) is 1.78. The number of hydrogen-bond donors (Lipinski definition) is 1. The number of aromatic nitrogens is 1. The Hall–Kier alpha value is -3.00. The van der Waals surface area contributed by atoms with Gasteiger partial charge in [0.05, 0.1) is 0 Å². The first-order chi connectivity index (χ1) is 15.2. The predicted octanol–water partition coefficient (Wildman–Crippen LogP) is 2.17. The Labute approximate surface area is 190 Å². The second kappa shape index (κ2) is 9.87. The van der Waals surface area contributed by atoms with Crippen molar-refractivity contribution in [2.24, 2.45) is 0 Å². The summed E-state index contributed by atoms with van der Waals surface area (Å²) in [4.78, 5) is 29.7. The summed E-state index contributed by atoms with van der Waals surface area (Å²) in [6.07, 6.45) is 2.47. The summed E-state index contributed by atoms with van der Waals surface area (Å²) in [7, 11) is 0. The summed E-state index contributed by atoms with van der Waals surface area (Å²) in [6, 6.07) is 22.1. The molecule has 1 amide bonds. The Morgan fingerprint density at radius 2 is 1.74 bits per heavy atom. The number of halogens is 1. The van der Waals surface area contributed by atoms with Crippen molar-refractivity contribution in [2.45, 2.75) is 19.8 Å². The first-order valence-corrected chi connectivity index (χ1v) is 12.8. The Kier molecular flexibility index (Phi) is 6.76. The van der Waals surface area contributed by atoms with Gasteiger partial charge in [-0.25, -0.2) is 0 Å². The Morgan fingerprint density at radius 1 is 1.00 bits per heavy atom. The van der Waals surface area contributed by atoms with Crippen molar-refractivity contribution in [3.8, 4) is 11.5 Å². The molecule has 5 nitrogen and oxygen atoms in total. The van der Waals surface area contributed by atoms with Gasteiger partial charge in [-0.15, -0.1) is 0 Å². The van der Waals surface area contributed by atoms with Gasteiger partial charge in [0, 0.05) is 0 Å². The molecule has 1 N–H and O–H groups in total. The van der Waals surface area contributed by atoms with E-state index < -0.39 is 5.63 Å². The zero-order valence-electron chi connectivity index (χ0n) is 17.1. The van der Waals surface area contributed by atoms with Crippen molar-refractivity contribution in [3.05, 3.63) is 92.4 Å². The third kappa shape index (κ3) is 5.02. The number of anilines is 1. The number of rotatable bonds is 7. The van der Waals surface area contributed by atoms with E-state index in [0.717, 1.165) is 0 Å². The Bertz CT molecular complexity index is 1270. The number of nitrogens with one attached hydrogen (secondary N) is 1. The van der Waals surface area contributed by atoms with Gasteiger partial charge in [0.2, 0.25) is 0 Å². The molecule has 3 aromatic carbocycles. The molecule has 0 atom stereocenters. The van der Waals surface area contributed by atoms with Crippen LogP contribution in [0.15, 0.2) is 82.0 Å². The van der Waals surface area contributed by atoms with E-state index in [2.05, 4.69) is 17.2 Å². The third-order valence-corrected chi connectivity index (χ3v) is 7.69. The van der Waals surface area contributed by atoms with Crippen molar-refractivity contribution in [1.82, 2.24) is 4.98 Å². The molecule has 1 heterocycles. The maximum absolute atomic E-state index is 12.8. The molecule has 0 radical (unpaired) electrons. The zero-order chi connectivity index (χ0) is 21.6. The molecule has 31 heavy (non-hydrogen) atoms. The molecule has 4 rings (SSSR count). The van der Waals surface area contributed by atoms with Crippen LogP contribution < -0.4 is 32.1 Å². The van der Waals surface area contributed by atoms with Crippen LogP contribution in [0.3, 0.4) is 0 Å². The SMILES string of the molecule is CCCC[I-]c1ccc(C(=O)Nc2ccccc2-c2nc3ccccc3c(=O)o2)cc1. The number of fused-ring (bicyclic) bond motifs is 1. The molecular weight excluding hydrogens is 503 g/mol. The van der Waals surface area contributed by atoms with Crippen LogP contribution >= 0.6 is 0 Å². The van der Waals surface area contributed by atoms with Crippen molar-refractivity contribution in [2.75, 3.05) is 9.74 Å². The van der Waals surface area contributed by atoms with Crippen LogP contribution in [0.4, 0.5) is 5.69 Å². The van der Waals surface area contributed by atoms with E-state index in [1.807, 2.05) is 42.5 Å². The van der Waals surface area contributed by atoms with Crippen molar-refractivity contribution in [3.63, 3.8) is 0 Å². The van der Waals surface area contributed by atoms with Crippen molar-refractivity contribution < 1.29 is 30.4 Å². The van der Waals surface area contributed by atoms with Gasteiger partial charge in [0.15, 0.2) is 0 Å². The van der Waals surface area contributed by atoms with Gasteiger partial charge in [-0.3, -0.25) is 0 Å². The molecule has 6 heteroatoms. The minimum absolute atomic E-state index is 0.00232. The quantitative estimate of drug-likeness (QED) is 0.228. The maximum atomic E-state index is 12.8. The average Bonchev–Trinajstić information content (AvgIpc) is 2.80. The van der Waals surface area contributed by atoms with Gasteiger partial charge >= 0.3 is 173 Å². The predicted molar refractivity (Wildman–Crippen MR) is 119 cm³/mol. The molecule has 0 aliphatic heterocycles. The topological polar surface area (TPSA) is 72.2 Å². The number of carbonyl (C=O) groups is 1. The number of amides is 1. The Balaban J connectivity index is 1.58. The second-order valence-corrected chi connectivity index (χ2v) is 10.1. The number of carbonyl (C=O) groups excluding carboxylic acids is 1. The molecule has 0 aliphatic carbocycles. The minimum atomic E-state index is -0.455. The molecule has 158 valence electrons. The van der Waals surface area contributed by atoms with Crippen LogP contribution in [0.5, 0.6) is 0 Å². The molecule has 4 aromatic rings. The fraction of sp³-hybridized carbons (Fsp3) is 0.160. The molecule has 0 saturated carbocycles. The summed E-state index contributed by atoms with van der Waals surface area (Å²) in [5.74, 6) is -0.0375. The summed E-state index contributed by atoms with van der Waals surface area (Å²) in [6.45, 7) is 2.20. The van der Waals surface area contributed by atoms with Gasteiger partial charge in [0.1, 0.15) is 0 Å². The van der Waals surface area contributed by atoms with Crippen LogP contribution in [0.25, 0.3) is 22.4 Å². The van der Waals surface area contributed by atoms with Gasteiger partial charge in [-0.1, -0.05) is 12.1 Å². The summed E-state index contributed by atoms with van der Waals surface area (Å²) >= 11 is 0.00232. The molecule has 1 aromatic heterocycles. The molecular formula is C25H22IN2O3-. The van der Waals surface area contributed by atoms with E-state index in [0.29, 0.717) is 27.7 Å². The van der Waals surface area contributed by atoms with Crippen LogP contribution in [0.1, 0.15) is 30.1 Å². The number of para-hydroxylation sites is 2. The van der Waals surface area contributed by atoms with E-state index in [9.17, 15) is 9.59 Å². The van der Waals surface area contributed by atoms with Crippen molar-refractivity contribution >= 4 is 22.5 Å². The summed E-state index contributed by atoms with van der Waals surface area (Å²) in [5, 5.41) is 3.36.